The molecule has 0 aliphatic rings. The van der Waals surface area contributed by atoms with Crippen molar-refractivity contribution in [2.45, 2.75) is 83.6 Å². The molecule has 1 atom stereocenters. The monoisotopic (exact) mass is 657 g/mol. The van der Waals surface area contributed by atoms with Gasteiger partial charge in [0.2, 0.25) is 0 Å². The standard InChI is InChI=1S/C33H40Br2FN2O/c1-2-3-4-5-6-7-8-9-10-11-19-38-33(39)27-21-30(34)29(31(35)22-27)23-32(37)26-14-12-13-25(20-26)24-15-17-28(36)18-16-24/h12-18,20-22,32,37H,2-11,19,23H2,1H3,(H,38,39). The molecular formula is C33H40Br2FN2O. The molecule has 3 rings (SSSR count). The second-order valence-corrected chi connectivity index (χ2v) is 12.0. The Balaban J connectivity index is 1.48. The van der Waals surface area contributed by atoms with Crippen molar-refractivity contribution < 1.29 is 9.18 Å². The van der Waals surface area contributed by atoms with Crippen molar-refractivity contribution in [1.82, 2.24) is 11.1 Å². The molecule has 2 N–H and O–H groups in total. The minimum Gasteiger partial charge on any atom is -0.352 e. The normalized spacial score (nSPS) is 11.9. The maximum atomic E-state index is 13.3. The third kappa shape index (κ3) is 10.5. The van der Waals surface area contributed by atoms with Gasteiger partial charge >= 0.3 is 0 Å². The molecule has 0 fully saturated rings. The molecule has 0 aliphatic heterocycles. The van der Waals surface area contributed by atoms with Crippen LogP contribution in [0.25, 0.3) is 11.1 Å². The van der Waals surface area contributed by atoms with Crippen LogP contribution in [0.2, 0.25) is 0 Å². The Morgan fingerprint density at radius 2 is 1.41 bits per heavy atom. The van der Waals surface area contributed by atoms with Gasteiger partial charge in [0.15, 0.2) is 0 Å². The number of hydrogen-bond donors (Lipinski definition) is 1. The minimum absolute atomic E-state index is 0.0757. The van der Waals surface area contributed by atoms with Crippen molar-refractivity contribution in [2.24, 2.45) is 0 Å². The van der Waals surface area contributed by atoms with Gasteiger partial charge in [-0.1, -0.05) is 127 Å². The van der Waals surface area contributed by atoms with Gasteiger partial charge in [-0.05, 0) is 65.4 Å². The van der Waals surface area contributed by atoms with Gasteiger partial charge in [-0.2, -0.15) is 0 Å². The van der Waals surface area contributed by atoms with E-state index in [-0.39, 0.29) is 11.7 Å². The summed E-state index contributed by atoms with van der Waals surface area (Å²) in [5.74, 6) is -0.341. The fourth-order valence-corrected chi connectivity index (χ4v) is 6.26. The lowest BCUT2D eigenvalue weighted by molar-refractivity contribution is 0.0952. The highest BCUT2D eigenvalue weighted by atomic mass is 79.9. The van der Waals surface area contributed by atoms with Crippen molar-refractivity contribution in [3.05, 3.63) is 92.1 Å². The van der Waals surface area contributed by atoms with Crippen molar-refractivity contribution in [2.75, 3.05) is 6.54 Å². The lowest BCUT2D eigenvalue weighted by Gasteiger charge is -2.16. The summed E-state index contributed by atoms with van der Waals surface area (Å²) in [4.78, 5) is 12.7. The summed E-state index contributed by atoms with van der Waals surface area (Å²) in [6, 6.07) is 17.4. The van der Waals surface area contributed by atoms with Crippen LogP contribution in [0.3, 0.4) is 0 Å². The first-order chi connectivity index (χ1) is 18.9. The summed E-state index contributed by atoms with van der Waals surface area (Å²) in [5.41, 5.74) is 13.1. The van der Waals surface area contributed by atoms with Crippen LogP contribution in [0.15, 0.2) is 69.6 Å². The highest BCUT2D eigenvalue weighted by Gasteiger charge is 2.17. The molecule has 1 unspecified atom stereocenters. The summed E-state index contributed by atoms with van der Waals surface area (Å²) in [6.07, 6.45) is 13.2. The number of amides is 1. The number of carbonyl (C=O) groups excluding carboxylic acids is 1. The molecule has 0 aromatic heterocycles. The number of carbonyl (C=O) groups is 1. The van der Waals surface area contributed by atoms with Crippen molar-refractivity contribution in [3.63, 3.8) is 0 Å². The summed E-state index contributed by atoms with van der Waals surface area (Å²) >= 11 is 7.27. The molecule has 209 valence electrons. The smallest absolute Gasteiger partial charge is 0.251 e. The molecule has 0 saturated carbocycles. The molecule has 0 bridgehead atoms. The molecule has 6 heteroatoms. The van der Waals surface area contributed by atoms with Crippen LogP contribution in [0.4, 0.5) is 4.39 Å². The summed E-state index contributed by atoms with van der Waals surface area (Å²) in [6.45, 7) is 2.94. The highest BCUT2D eigenvalue weighted by Crippen LogP contribution is 2.32. The van der Waals surface area contributed by atoms with E-state index in [4.69, 9.17) is 5.73 Å². The van der Waals surface area contributed by atoms with Gasteiger partial charge in [0, 0.05) is 21.1 Å². The van der Waals surface area contributed by atoms with Gasteiger partial charge in [0.1, 0.15) is 5.82 Å². The molecule has 0 aliphatic carbocycles. The molecular weight excluding hydrogens is 619 g/mol. The molecule has 0 saturated heterocycles. The maximum Gasteiger partial charge on any atom is 0.251 e. The number of hydrogen-bond acceptors (Lipinski definition) is 1. The van der Waals surface area contributed by atoms with Crippen LogP contribution in [0, 0.1) is 5.82 Å². The van der Waals surface area contributed by atoms with Crippen LogP contribution >= 0.6 is 31.9 Å². The van der Waals surface area contributed by atoms with Crippen LogP contribution in [-0.4, -0.2) is 12.5 Å². The van der Waals surface area contributed by atoms with Crippen LogP contribution in [0.1, 0.15) is 98.7 Å². The molecule has 3 aromatic rings. The van der Waals surface area contributed by atoms with E-state index in [9.17, 15) is 9.18 Å². The molecule has 1 radical (unpaired) electrons. The Hall–Kier alpha value is -2.02. The van der Waals surface area contributed by atoms with E-state index >= 15 is 0 Å². The summed E-state index contributed by atoms with van der Waals surface area (Å²) in [7, 11) is 0. The molecule has 3 aromatic carbocycles. The number of halogens is 3. The number of unbranched alkanes of at least 4 members (excludes halogenated alkanes) is 9. The number of benzene rings is 3. The van der Waals surface area contributed by atoms with E-state index in [2.05, 4.69) is 44.1 Å². The van der Waals surface area contributed by atoms with E-state index in [0.29, 0.717) is 18.5 Å². The third-order valence-electron chi connectivity index (χ3n) is 7.09. The Bertz CT molecular complexity index is 1160. The van der Waals surface area contributed by atoms with Crippen LogP contribution < -0.4 is 11.1 Å². The second-order valence-electron chi connectivity index (χ2n) is 10.2. The average molecular weight is 660 g/mol. The predicted molar refractivity (Wildman–Crippen MR) is 167 cm³/mol. The molecule has 39 heavy (non-hydrogen) atoms. The SMILES string of the molecule is CCCCCCCCCCCCNC(=O)c1cc(Br)c(CC([NH])c2cccc(-c3ccc(F)cc3)c2)c(Br)c1. The molecule has 3 nitrogen and oxygen atoms in total. The third-order valence-corrected chi connectivity index (χ3v) is 8.51. The van der Waals surface area contributed by atoms with Gasteiger partial charge in [-0.25, -0.2) is 10.1 Å². The lowest BCUT2D eigenvalue weighted by atomic mass is 9.95. The van der Waals surface area contributed by atoms with Gasteiger partial charge in [0.05, 0.1) is 6.04 Å². The Kier molecular flexibility index (Phi) is 13.7. The number of nitrogens with one attached hydrogen (secondary N) is 2. The average Bonchev–Trinajstić information content (AvgIpc) is 2.93. The lowest BCUT2D eigenvalue weighted by Crippen LogP contribution is -2.24. The van der Waals surface area contributed by atoms with Crippen molar-refractivity contribution in [1.29, 1.82) is 0 Å². The zero-order valence-corrected chi connectivity index (χ0v) is 26.1. The van der Waals surface area contributed by atoms with Gasteiger partial charge in [-0.3, -0.25) is 4.79 Å². The Morgan fingerprint density at radius 1 is 0.821 bits per heavy atom. The van der Waals surface area contributed by atoms with Crippen LogP contribution in [-0.2, 0) is 6.42 Å². The second kappa shape index (κ2) is 16.9. The summed E-state index contributed by atoms with van der Waals surface area (Å²) < 4.78 is 14.9. The van der Waals surface area contributed by atoms with E-state index < -0.39 is 6.04 Å². The topological polar surface area (TPSA) is 52.9 Å². The Morgan fingerprint density at radius 3 is 2.03 bits per heavy atom. The zero-order chi connectivity index (χ0) is 28.0. The van der Waals surface area contributed by atoms with E-state index in [1.54, 1.807) is 12.1 Å². The number of rotatable bonds is 16. The van der Waals surface area contributed by atoms with Gasteiger partial charge < -0.3 is 5.32 Å². The largest absolute Gasteiger partial charge is 0.352 e. The fraction of sp³-hybridized carbons (Fsp3) is 0.424. The Labute approximate surface area is 250 Å². The molecule has 0 heterocycles. The predicted octanol–water partition coefficient (Wildman–Crippen LogP) is 10.2. The highest BCUT2D eigenvalue weighted by molar-refractivity contribution is 9.11. The van der Waals surface area contributed by atoms with E-state index in [1.165, 1.54) is 63.5 Å². The molecule has 1 amide bonds. The fourth-order valence-electron chi connectivity index (χ4n) is 4.74. The van der Waals surface area contributed by atoms with E-state index in [0.717, 1.165) is 44.0 Å². The van der Waals surface area contributed by atoms with Crippen molar-refractivity contribution >= 4 is 37.8 Å². The van der Waals surface area contributed by atoms with Gasteiger partial charge in [0.25, 0.3) is 5.91 Å². The minimum atomic E-state index is -0.492. The maximum absolute atomic E-state index is 13.3. The first-order valence-electron chi connectivity index (χ1n) is 14.2. The summed E-state index contributed by atoms with van der Waals surface area (Å²) in [5, 5.41) is 3.05. The zero-order valence-electron chi connectivity index (χ0n) is 22.9. The quantitative estimate of drug-likeness (QED) is 0.153. The molecule has 0 spiro atoms. The first kappa shape index (κ1) is 31.5. The van der Waals surface area contributed by atoms with Crippen molar-refractivity contribution in [3.8, 4) is 11.1 Å². The van der Waals surface area contributed by atoms with Crippen LogP contribution in [0.5, 0.6) is 0 Å². The van der Waals surface area contributed by atoms with E-state index in [1.807, 2.05) is 36.4 Å². The first-order valence-corrected chi connectivity index (χ1v) is 15.8. The van der Waals surface area contributed by atoms with Gasteiger partial charge in [-0.15, -0.1) is 0 Å².